The highest BCUT2D eigenvalue weighted by Crippen LogP contribution is 2.34. The molecule has 15 heteroatoms. The molecule has 0 radical (unpaired) electrons. The maximum atomic E-state index is 12.8. The van der Waals surface area contributed by atoms with Gasteiger partial charge in [0.2, 0.25) is 0 Å². The lowest BCUT2D eigenvalue weighted by molar-refractivity contribution is -0.339. The number of benzene rings is 3. The number of methoxy groups -OCH3 is 1. The Morgan fingerprint density at radius 3 is 1.35 bits per heavy atom. The van der Waals surface area contributed by atoms with E-state index in [1.54, 1.807) is 0 Å². The van der Waals surface area contributed by atoms with E-state index in [0.717, 1.165) is 37.5 Å². The van der Waals surface area contributed by atoms with Crippen LogP contribution in [0.15, 0.2) is 91.0 Å². The normalized spacial score (nSPS) is 27.2. The summed E-state index contributed by atoms with van der Waals surface area (Å²) in [5, 5.41) is 0. The van der Waals surface area contributed by atoms with E-state index >= 15 is 0 Å². The SMILES string of the molecule is CO[C@H]1O[C@H](CO[C@@H]2O[C@H](COCc3ccccc3)[C@H](OCc3ccccc3)[C@H](OCc3ccccc3)[C@H]2OC(C)=O)[C@@H](OC(C)=O)[C@H](OC(C)=O)[C@H]1OC(C)=O. The molecule has 0 unspecified atom stereocenters. The largest absolute Gasteiger partial charge is 0.456 e. The molecule has 0 bridgehead atoms. The van der Waals surface area contributed by atoms with Crippen molar-refractivity contribution < 1.29 is 71.3 Å². The van der Waals surface area contributed by atoms with Gasteiger partial charge in [0.05, 0.1) is 33.0 Å². The van der Waals surface area contributed by atoms with Gasteiger partial charge in [0.15, 0.2) is 37.0 Å². The fraction of sp³-hybridized carbons (Fsp3) is 0.476. The van der Waals surface area contributed by atoms with E-state index in [2.05, 4.69) is 0 Å². The molecule has 3 aromatic carbocycles. The van der Waals surface area contributed by atoms with Crippen LogP contribution in [0.5, 0.6) is 0 Å². The lowest BCUT2D eigenvalue weighted by atomic mass is 9.97. The standard InChI is InChI=1S/C42H50O15/c1-26(43)52-36-34(56-41(47-5)40(55-29(4)46)38(36)53-27(2)44)25-51-42-39(54-28(3)45)37(50-23-32-19-13-8-14-20-32)35(49-22-31-17-11-7-12-18-31)33(57-42)24-48-21-30-15-9-6-10-16-30/h6-20,33-42H,21-25H2,1-5H3/t33-,34-,35+,36-,37+,38+,39-,40-,41+,42-/m1/s1. The van der Waals surface area contributed by atoms with Gasteiger partial charge in [0.1, 0.15) is 24.4 Å². The van der Waals surface area contributed by atoms with Crippen molar-refractivity contribution in [2.75, 3.05) is 20.3 Å². The first-order valence-electron chi connectivity index (χ1n) is 18.6. The maximum Gasteiger partial charge on any atom is 0.303 e. The summed E-state index contributed by atoms with van der Waals surface area (Å²) in [5.41, 5.74) is 2.68. The quantitative estimate of drug-likeness (QED) is 0.132. The highest BCUT2D eigenvalue weighted by molar-refractivity contribution is 5.68. The van der Waals surface area contributed by atoms with Crippen molar-refractivity contribution in [2.45, 2.75) is 109 Å². The first kappa shape index (κ1) is 43.4. The van der Waals surface area contributed by atoms with Gasteiger partial charge in [-0.05, 0) is 16.7 Å². The van der Waals surface area contributed by atoms with Crippen molar-refractivity contribution in [2.24, 2.45) is 0 Å². The smallest absolute Gasteiger partial charge is 0.303 e. The van der Waals surface area contributed by atoms with Crippen LogP contribution >= 0.6 is 0 Å². The number of carbonyl (C=O) groups excluding carboxylic acids is 4. The minimum absolute atomic E-state index is 0.0204. The van der Waals surface area contributed by atoms with Crippen LogP contribution in [0.2, 0.25) is 0 Å². The van der Waals surface area contributed by atoms with E-state index in [9.17, 15) is 19.2 Å². The Bertz CT molecular complexity index is 1710. The Morgan fingerprint density at radius 1 is 0.456 bits per heavy atom. The lowest BCUT2D eigenvalue weighted by Gasteiger charge is -2.47. The van der Waals surface area contributed by atoms with Crippen LogP contribution in [0.4, 0.5) is 0 Å². The third kappa shape index (κ3) is 12.9. The topological polar surface area (TPSA) is 170 Å². The van der Waals surface area contributed by atoms with Crippen molar-refractivity contribution in [1.29, 1.82) is 0 Å². The predicted molar refractivity (Wildman–Crippen MR) is 199 cm³/mol. The van der Waals surface area contributed by atoms with E-state index in [-0.39, 0.29) is 33.0 Å². The molecule has 0 amide bonds. The third-order valence-electron chi connectivity index (χ3n) is 9.01. The zero-order valence-electron chi connectivity index (χ0n) is 32.6. The Morgan fingerprint density at radius 2 is 0.860 bits per heavy atom. The van der Waals surface area contributed by atoms with Gasteiger partial charge in [-0.3, -0.25) is 19.2 Å². The molecule has 3 aromatic rings. The highest BCUT2D eigenvalue weighted by atomic mass is 16.8. The summed E-state index contributed by atoms with van der Waals surface area (Å²) in [5.74, 6) is -2.84. The van der Waals surface area contributed by atoms with Gasteiger partial charge in [-0.2, -0.15) is 0 Å². The molecule has 2 aliphatic rings. The zero-order chi connectivity index (χ0) is 40.7. The number of carbonyl (C=O) groups is 4. The van der Waals surface area contributed by atoms with Crippen LogP contribution in [0.1, 0.15) is 44.4 Å². The molecule has 2 saturated heterocycles. The molecule has 5 rings (SSSR count). The van der Waals surface area contributed by atoms with Gasteiger partial charge in [-0.25, -0.2) is 0 Å². The molecule has 2 aliphatic heterocycles. The minimum Gasteiger partial charge on any atom is -0.456 e. The summed E-state index contributed by atoms with van der Waals surface area (Å²) < 4.78 is 66.4. The molecular formula is C42H50O15. The summed E-state index contributed by atoms with van der Waals surface area (Å²) in [6, 6.07) is 28.6. The average molecular weight is 795 g/mol. The Kier molecular flexibility index (Phi) is 16.5. The van der Waals surface area contributed by atoms with Gasteiger partial charge < -0.3 is 52.1 Å². The minimum atomic E-state index is -1.35. The summed E-state index contributed by atoms with van der Waals surface area (Å²) in [4.78, 5) is 49.5. The van der Waals surface area contributed by atoms with Crippen LogP contribution in [-0.4, -0.2) is 106 Å². The second kappa shape index (κ2) is 21.7. The first-order valence-corrected chi connectivity index (χ1v) is 18.6. The Labute approximate surface area is 331 Å². The van der Waals surface area contributed by atoms with E-state index in [1.165, 1.54) is 14.0 Å². The van der Waals surface area contributed by atoms with Crippen molar-refractivity contribution in [3.8, 4) is 0 Å². The molecule has 0 spiro atoms. The van der Waals surface area contributed by atoms with Gasteiger partial charge in [-0.1, -0.05) is 91.0 Å². The predicted octanol–water partition coefficient (Wildman–Crippen LogP) is 4.21. The second-order valence-corrected chi connectivity index (χ2v) is 13.5. The second-order valence-electron chi connectivity index (χ2n) is 13.5. The molecule has 57 heavy (non-hydrogen) atoms. The molecule has 2 fully saturated rings. The third-order valence-corrected chi connectivity index (χ3v) is 9.01. The number of ether oxygens (including phenoxy) is 11. The summed E-state index contributed by atoms with van der Waals surface area (Å²) in [7, 11) is 1.31. The van der Waals surface area contributed by atoms with Crippen LogP contribution in [0, 0.1) is 0 Å². The zero-order valence-corrected chi connectivity index (χ0v) is 32.6. The Balaban J connectivity index is 1.47. The van der Waals surface area contributed by atoms with E-state index in [1.807, 2.05) is 91.0 Å². The van der Waals surface area contributed by atoms with Gasteiger partial charge in [-0.15, -0.1) is 0 Å². The molecule has 10 atom stereocenters. The van der Waals surface area contributed by atoms with Crippen molar-refractivity contribution in [3.63, 3.8) is 0 Å². The monoisotopic (exact) mass is 794 g/mol. The van der Waals surface area contributed by atoms with Crippen LogP contribution in [-0.2, 0) is 91.1 Å². The van der Waals surface area contributed by atoms with Gasteiger partial charge >= 0.3 is 23.9 Å². The summed E-state index contributed by atoms with van der Waals surface area (Å²) in [6.07, 6.45) is -11.6. The fourth-order valence-electron chi connectivity index (χ4n) is 6.62. The molecule has 2 heterocycles. The number of hydrogen-bond donors (Lipinski definition) is 0. The van der Waals surface area contributed by atoms with Crippen LogP contribution in [0.25, 0.3) is 0 Å². The van der Waals surface area contributed by atoms with E-state index in [4.69, 9.17) is 52.1 Å². The molecular weight excluding hydrogens is 744 g/mol. The Hall–Kier alpha value is -4.74. The average Bonchev–Trinajstić information content (AvgIpc) is 3.18. The molecule has 0 saturated carbocycles. The van der Waals surface area contributed by atoms with Gasteiger partial charge in [0.25, 0.3) is 0 Å². The highest BCUT2D eigenvalue weighted by Gasteiger charge is 2.54. The van der Waals surface area contributed by atoms with Crippen molar-refractivity contribution in [1.82, 2.24) is 0 Å². The number of hydrogen-bond acceptors (Lipinski definition) is 15. The lowest BCUT2D eigenvalue weighted by Crippen LogP contribution is -2.64. The fourth-order valence-corrected chi connectivity index (χ4v) is 6.62. The number of rotatable bonds is 18. The van der Waals surface area contributed by atoms with E-state index < -0.39 is 85.3 Å². The molecule has 0 N–H and O–H groups in total. The molecule has 0 aromatic heterocycles. The molecule has 15 nitrogen and oxygen atoms in total. The van der Waals surface area contributed by atoms with Gasteiger partial charge in [0, 0.05) is 34.8 Å². The summed E-state index contributed by atoms with van der Waals surface area (Å²) in [6.45, 7) is 4.93. The first-order chi connectivity index (χ1) is 27.5. The summed E-state index contributed by atoms with van der Waals surface area (Å²) >= 11 is 0. The van der Waals surface area contributed by atoms with Crippen LogP contribution in [0.3, 0.4) is 0 Å². The molecule has 308 valence electrons. The molecule has 0 aliphatic carbocycles. The maximum absolute atomic E-state index is 12.8. The van der Waals surface area contributed by atoms with E-state index in [0.29, 0.717) is 0 Å². The van der Waals surface area contributed by atoms with Crippen molar-refractivity contribution in [3.05, 3.63) is 108 Å². The van der Waals surface area contributed by atoms with Crippen molar-refractivity contribution >= 4 is 23.9 Å². The number of esters is 4. The van der Waals surface area contributed by atoms with Crippen LogP contribution < -0.4 is 0 Å².